The summed E-state index contributed by atoms with van der Waals surface area (Å²) < 4.78 is 6.97. The van der Waals surface area contributed by atoms with Gasteiger partial charge in [-0.05, 0) is 42.0 Å². The van der Waals surface area contributed by atoms with E-state index in [1.807, 2.05) is 66.7 Å². The lowest BCUT2D eigenvalue weighted by Crippen LogP contribution is -2.39. The predicted molar refractivity (Wildman–Crippen MR) is 127 cm³/mol. The molecule has 4 aromatic rings. The first-order chi connectivity index (χ1) is 16.5. The Morgan fingerprint density at radius 3 is 2.59 bits per heavy atom. The molecular formula is C25H21N5O4. The minimum Gasteiger partial charge on any atom is -0.496 e. The van der Waals surface area contributed by atoms with Crippen molar-refractivity contribution in [2.24, 2.45) is 0 Å². The number of amides is 1. The van der Waals surface area contributed by atoms with Crippen molar-refractivity contribution in [2.75, 3.05) is 17.3 Å². The van der Waals surface area contributed by atoms with Gasteiger partial charge in [-0.1, -0.05) is 36.4 Å². The summed E-state index contributed by atoms with van der Waals surface area (Å²) in [6, 6.07) is 22.1. The number of nitrogens with zero attached hydrogens (tertiary/aromatic N) is 4. The van der Waals surface area contributed by atoms with E-state index in [1.54, 1.807) is 18.1 Å². The lowest BCUT2D eigenvalue weighted by Gasteiger charge is -2.35. The van der Waals surface area contributed by atoms with Crippen molar-refractivity contribution in [1.29, 1.82) is 0 Å². The molecule has 5 rings (SSSR count). The number of carbonyl (C=O) groups excluding carboxylic acids is 1. The van der Waals surface area contributed by atoms with E-state index in [9.17, 15) is 14.9 Å². The molecule has 1 atom stereocenters. The third-order valence-electron chi connectivity index (χ3n) is 5.73. The number of methoxy groups -OCH3 is 1. The Morgan fingerprint density at radius 1 is 1.09 bits per heavy atom. The lowest BCUT2D eigenvalue weighted by molar-refractivity contribution is -0.385. The number of nitrogens with one attached hydrogen (secondary N) is 1. The number of hydrogen-bond donors (Lipinski definition) is 1. The van der Waals surface area contributed by atoms with E-state index in [0.29, 0.717) is 5.75 Å². The highest BCUT2D eigenvalue weighted by Gasteiger charge is 2.34. The first-order valence-electron chi connectivity index (χ1n) is 10.6. The molecule has 2 heterocycles. The summed E-state index contributed by atoms with van der Waals surface area (Å²) in [5.74, 6) is 0.487. The minimum absolute atomic E-state index is 0.0886. The molecule has 34 heavy (non-hydrogen) atoms. The van der Waals surface area contributed by atoms with Crippen LogP contribution in [0.15, 0.2) is 85.2 Å². The van der Waals surface area contributed by atoms with E-state index < -0.39 is 11.0 Å². The molecule has 1 amide bonds. The van der Waals surface area contributed by atoms with E-state index >= 15 is 0 Å². The van der Waals surface area contributed by atoms with Crippen LogP contribution < -0.4 is 15.0 Å². The largest absolute Gasteiger partial charge is 0.496 e. The Balaban J connectivity index is 1.53. The van der Waals surface area contributed by atoms with Gasteiger partial charge in [-0.2, -0.15) is 5.10 Å². The molecule has 0 saturated carbocycles. The monoisotopic (exact) mass is 455 g/mol. The van der Waals surface area contributed by atoms with Crippen molar-refractivity contribution in [3.8, 4) is 5.75 Å². The molecule has 0 radical (unpaired) electrons. The Labute approximate surface area is 195 Å². The van der Waals surface area contributed by atoms with Crippen molar-refractivity contribution >= 4 is 28.7 Å². The van der Waals surface area contributed by atoms with E-state index in [4.69, 9.17) is 4.74 Å². The maximum atomic E-state index is 13.7. The second-order valence-corrected chi connectivity index (χ2v) is 7.83. The average Bonchev–Trinajstić information content (AvgIpc) is 3.33. The van der Waals surface area contributed by atoms with Crippen LogP contribution in [-0.2, 0) is 11.3 Å². The van der Waals surface area contributed by atoms with Crippen LogP contribution >= 0.6 is 0 Å². The van der Waals surface area contributed by atoms with Gasteiger partial charge in [0.2, 0.25) is 0 Å². The normalized spacial score (nSPS) is 14.9. The third kappa shape index (κ3) is 3.83. The molecule has 9 nitrogen and oxygen atoms in total. The number of nitro groups is 1. The standard InChI is InChI=1S/C25H21N5O4/c1-34-23-12-11-17(13-18(23)15-28-16-20(14-26-28)30(32)33)24-25(31)29(19-7-3-2-4-8-19)22-10-6-5-9-21(22)27-24/h2-14,16,24,27H,15H2,1H3. The molecule has 1 aliphatic rings. The fourth-order valence-corrected chi connectivity index (χ4v) is 4.13. The van der Waals surface area contributed by atoms with Crippen LogP contribution in [-0.4, -0.2) is 27.7 Å². The molecule has 170 valence electrons. The zero-order valence-electron chi connectivity index (χ0n) is 18.3. The van der Waals surface area contributed by atoms with Crippen LogP contribution in [0.25, 0.3) is 0 Å². The molecular weight excluding hydrogens is 434 g/mol. The van der Waals surface area contributed by atoms with Crippen molar-refractivity contribution < 1.29 is 14.5 Å². The number of rotatable bonds is 6. The molecule has 1 aliphatic heterocycles. The maximum Gasteiger partial charge on any atom is 0.307 e. The fraction of sp³-hybridized carbons (Fsp3) is 0.120. The van der Waals surface area contributed by atoms with Crippen LogP contribution in [0.4, 0.5) is 22.7 Å². The Morgan fingerprint density at radius 2 is 1.85 bits per heavy atom. The smallest absolute Gasteiger partial charge is 0.307 e. The Hall–Kier alpha value is -4.66. The summed E-state index contributed by atoms with van der Waals surface area (Å²) in [6.07, 6.45) is 2.57. The van der Waals surface area contributed by atoms with Crippen LogP contribution in [0.3, 0.4) is 0 Å². The van der Waals surface area contributed by atoms with Crippen molar-refractivity contribution in [2.45, 2.75) is 12.6 Å². The molecule has 9 heteroatoms. The maximum absolute atomic E-state index is 13.7. The summed E-state index contributed by atoms with van der Waals surface area (Å²) in [4.78, 5) is 26.0. The second kappa shape index (κ2) is 8.70. The van der Waals surface area contributed by atoms with Crippen molar-refractivity contribution in [3.05, 3.63) is 106 Å². The Kier molecular flexibility index (Phi) is 5.43. The zero-order valence-corrected chi connectivity index (χ0v) is 18.3. The van der Waals surface area contributed by atoms with Gasteiger partial charge in [0.1, 0.15) is 24.2 Å². The summed E-state index contributed by atoms with van der Waals surface area (Å²) in [6.45, 7) is 0.255. The third-order valence-corrected chi connectivity index (χ3v) is 5.73. The van der Waals surface area contributed by atoms with Gasteiger partial charge in [-0.3, -0.25) is 24.5 Å². The van der Waals surface area contributed by atoms with Gasteiger partial charge in [0.15, 0.2) is 0 Å². The summed E-state index contributed by atoms with van der Waals surface area (Å²) in [7, 11) is 1.56. The lowest BCUT2D eigenvalue weighted by atomic mass is 9.98. The highest BCUT2D eigenvalue weighted by molar-refractivity contribution is 6.10. The number of aromatic nitrogens is 2. The molecule has 3 aromatic carbocycles. The molecule has 1 N–H and O–H groups in total. The van der Waals surface area contributed by atoms with Gasteiger partial charge < -0.3 is 10.1 Å². The molecule has 1 unspecified atom stereocenters. The van der Waals surface area contributed by atoms with E-state index in [2.05, 4.69) is 10.4 Å². The Bertz CT molecular complexity index is 1370. The van der Waals surface area contributed by atoms with Gasteiger partial charge in [0, 0.05) is 11.3 Å². The molecule has 1 aromatic heterocycles. The minimum atomic E-state index is -0.633. The molecule has 0 saturated heterocycles. The molecule has 0 fully saturated rings. The fourth-order valence-electron chi connectivity index (χ4n) is 4.13. The van der Waals surface area contributed by atoms with E-state index in [-0.39, 0.29) is 18.1 Å². The van der Waals surface area contributed by atoms with Gasteiger partial charge in [0.05, 0.1) is 30.0 Å². The van der Waals surface area contributed by atoms with E-state index in [1.165, 1.54) is 17.1 Å². The van der Waals surface area contributed by atoms with Gasteiger partial charge >= 0.3 is 5.69 Å². The number of hydrogen-bond acceptors (Lipinski definition) is 6. The van der Waals surface area contributed by atoms with Gasteiger partial charge in [0.25, 0.3) is 5.91 Å². The van der Waals surface area contributed by atoms with Gasteiger partial charge in [-0.15, -0.1) is 0 Å². The van der Waals surface area contributed by atoms with E-state index in [0.717, 1.165) is 28.2 Å². The average molecular weight is 455 g/mol. The van der Waals surface area contributed by atoms with Crippen LogP contribution in [0, 0.1) is 10.1 Å². The van der Waals surface area contributed by atoms with Crippen LogP contribution in [0.2, 0.25) is 0 Å². The zero-order chi connectivity index (χ0) is 23.7. The second-order valence-electron chi connectivity index (χ2n) is 7.83. The van der Waals surface area contributed by atoms with Crippen molar-refractivity contribution in [1.82, 2.24) is 9.78 Å². The predicted octanol–water partition coefficient (Wildman–Crippen LogP) is 4.68. The summed E-state index contributed by atoms with van der Waals surface area (Å²) in [5, 5.41) is 18.5. The SMILES string of the molecule is COc1ccc(C2Nc3ccccc3N(c3ccccc3)C2=O)cc1Cn1cc([N+](=O)[O-])cn1. The number of ether oxygens (including phenoxy) is 1. The van der Waals surface area contributed by atoms with Crippen LogP contribution in [0.1, 0.15) is 17.2 Å². The highest BCUT2D eigenvalue weighted by atomic mass is 16.6. The number of para-hydroxylation sites is 3. The first-order valence-corrected chi connectivity index (χ1v) is 10.6. The number of carbonyl (C=O) groups is 1. The summed E-state index contributed by atoms with van der Waals surface area (Å²) in [5.41, 5.74) is 3.82. The molecule has 0 aliphatic carbocycles. The first kappa shape index (κ1) is 21.2. The topological polar surface area (TPSA) is 103 Å². The quantitative estimate of drug-likeness (QED) is 0.335. The number of benzene rings is 3. The number of fused-ring (bicyclic) bond motifs is 1. The molecule has 0 bridgehead atoms. The van der Waals surface area contributed by atoms with Crippen molar-refractivity contribution in [3.63, 3.8) is 0 Å². The highest BCUT2D eigenvalue weighted by Crippen LogP contribution is 2.41. The number of anilines is 3. The summed E-state index contributed by atoms with van der Waals surface area (Å²) >= 11 is 0. The van der Waals surface area contributed by atoms with Gasteiger partial charge in [-0.25, -0.2) is 0 Å². The molecule has 0 spiro atoms. The van der Waals surface area contributed by atoms with Crippen LogP contribution in [0.5, 0.6) is 5.75 Å².